The number of nitrogens with one attached hydrogen (secondary N) is 1. The van der Waals surface area contributed by atoms with Gasteiger partial charge in [0.15, 0.2) is 0 Å². The highest BCUT2D eigenvalue weighted by molar-refractivity contribution is 4.88. The van der Waals surface area contributed by atoms with Crippen LogP contribution in [-0.4, -0.2) is 73.9 Å². The van der Waals surface area contributed by atoms with Crippen molar-refractivity contribution in [3.05, 3.63) is 0 Å². The van der Waals surface area contributed by atoms with Crippen LogP contribution in [0.3, 0.4) is 0 Å². The fourth-order valence-corrected chi connectivity index (χ4v) is 4.01. The van der Waals surface area contributed by atoms with E-state index in [-0.39, 0.29) is 0 Å². The van der Waals surface area contributed by atoms with Crippen LogP contribution < -0.4 is 5.32 Å². The molecule has 4 nitrogen and oxygen atoms in total. The standard InChI is InChI=1S/C16H31N3O/c1-2-7-17-11-15-5-6-16(20-15)13-18-9-10-19-8-3-4-14(19)12-18/h14-17H,2-13H2,1H3. The average Bonchev–Trinajstić information content (AvgIpc) is 3.08. The van der Waals surface area contributed by atoms with Crippen LogP contribution in [-0.2, 0) is 4.74 Å². The Bertz CT molecular complexity index is 299. The van der Waals surface area contributed by atoms with E-state index in [2.05, 4.69) is 22.0 Å². The van der Waals surface area contributed by atoms with Gasteiger partial charge in [0.2, 0.25) is 0 Å². The van der Waals surface area contributed by atoms with E-state index in [9.17, 15) is 0 Å². The van der Waals surface area contributed by atoms with Crippen molar-refractivity contribution in [2.75, 3.05) is 45.8 Å². The fourth-order valence-electron chi connectivity index (χ4n) is 4.01. The molecule has 0 aromatic rings. The van der Waals surface area contributed by atoms with Crippen molar-refractivity contribution in [1.82, 2.24) is 15.1 Å². The first-order valence-corrected chi connectivity index (χ1v) is 8.67. The second-order valence-corrected chi connectivity index (χ2v) is 6.75. The normalized spacial score (nSPS) is 35.5. The lowest BCUT2D eigenvalue weighted by atomic mass is 10.1. The van der Waals surface area contributed by atoms with Gasteiger partial charge in [0.05, 0.1) is 12.2 Å². The Kier molecular flexibility index (Phi) is 5.32. The van der Waals surface area contributed by atoms with Gasteiger partial charge in [-0.05, 0) is 45.2 Å². The van der Waals surface area contributed by atoms with Crippen molar-refractivity contribution in [2.45, 2.75) is 57.3 Å². The second kappa shape index (κ2) is 7.21. The molecule has 0 aromatic heterocycles. The van der Waals surface area contributed by atoms with Gasteiger partial charge in [-0.15, -0.1) is 0 Å². The highest BCUT2D eigenvalue weighted by atomic mass is 16.5. The summed E-state index contributed by atoms with van der Waals surface area (Å²) in [5.74, 6) is 0. The summed E-state index contributed by atoms with van der Waals surface area (Å²) in [6.07, 6.45) is 7.46. The molecule has 0 saturated carbocycles. The first-order chi connectivity index (χ1) is 9.85. The van der Waals surface area contributed by atoms with Crippen molar-refractivity contribution >= 4 is 0 Å². The number of hydrogen-bond acceptors (Lipinski definition) is 4. The van der Waals surface area contributed by atoms with Crippen LogP contribution in [0.5, 0.6) is 0 Å². The molecule has 0 spiro atoms. The number of rotatable bonds is 6. The van der Waals surface area contributed by atoms with Crippen LogP contribution in [0.2, 0.25) is 0 Å². The Morgan fingerprint density at radius 1 is 1.10 bits per heavy atom. The Balaban J connectivity index is 1.36. The topological polar surface area (TPSA) is 27.7 Å². The monoisotopic (exact) mass is 281 g/mol. The maximum Gasteiger partial charge on any atom is 0.0707 e. The highest BCUT2D eigenvalue weighted by Gasteiger charge is 2.33. The van der Waals surface area contributed by atoms with E-state index in [0.717, 1.165) is 25.7 Å². The molecule has 0 amide bonds. The molecule has 0 bridgehead atoms. The largest absolute Gasteiger partial charge is 0.372 e. The van der Waals surface area contributed by atoms with Gasteiger partial charge in [-0.2, -0.15) is 0 Å². The van der Waals surface area contributed by atoms with E-state index in [1.807, 2.05) is 0 Å². The van der Waals surface area contributed by atoms with Gasteiger partial charge >= 0.3 is 0 Å². The van der Waals surface area contributed by atoms with Gasteiger partial charge in [0, 0.05) is 38.8 Å². The average molecular weight is 281 g/mol. The van der Waals surface area contributed by atoms with Gasteiger partial charge in [-0.3, -0.25) is 9.80 Å². The highest BCUT2D eigenvalue weighted by Crippen LogP contribution is 2.24. The minimum absolute atomic E-state index is 0.458. The van der Waals surface area contributed by atoms with Gasteiger partial charge in [0.25, 0.3) is 0 Å². The summed E-state index contributed by atoms with van der Waals surface area (Å²) in [6.45, 7) is 10.7. The van der Waals surface area contributed by atoms with Gasteiger partial charge in [0.1, 0.15) is 0 Å². The minimum atomic E-state index is 0.458. The van der Waals surface area contributed by atoms with Gasteiger partial charge in [-0.25, -0.2) is 0 Å². The maximum absolute atomic E-state index is 6.20. The van der Waals surface area contributed by atoms with Crippen molar-refractivity contribution in [2.24, 2.45) is 0 Å². The number of ether oxygens (including phenoxy) is 1. The van der Waals surface area contributed by atoms with Crippen molar-refractivity contribution in [3.63, 3.8) is 0 Å². The zero-order valence-corrected chi connectivity index (χ0v) is 13.0. The molecule has 1 N–H and O–H groups in total. The van der Waals surface area contributed by atoms with E-state index in [1.165, 1.54) is 58.3 Å². The first-order valence-electron chi connectivity index (χ1n) is 8.67. The molecular formula is C16H31N3O. The third-order valence-corrected chi connectivity index (χ3v) is 5.13. The molecule has 0 aliphatic carbocycles. The molecule has 3 saturated heterocycles. The summed E-state index contributed by atoms with van der Waals surface area (Å²) >= 11 is 0. The lowest BCUT2D eigenvalue weighted by molar-refractivity contribution is 0.00715. The molecule has 3 unspecified atom stereocenters. The van der Waals surface area contributed by atoms with E-state index < -0.39 is 0 Å². The van der Waals surface area contributed by atoms with E-state index in [4.69, 9.17) is 4.74 Å². The second-order valence-electron chi connectivity index (χ2n) is 6.75. The zero-order valence-electron chi connectivity index (χ0n) is 13.0. The van der Waals surface area contributed by atoms with Crippen LogP contribution in [0.1, 0.15) is 39.0 Å². The molecule has 116 valence electrons. The zero-order chi connectivity index (χ0) is 13.8. The smallest absolute Gasteiger partial charge is 0.0707 e. The molecule has 0 radical (unpaired) electrons. The summed E-state index contributed by atoms with van der Waals surface area (Å²) in [4.78, 5) is 5.34. The Labute approximate surface area is 123 Å². The Morgan fingerprint density at radius 2 is 2.00 bits per heavy atom. The van der Waals surface area contributed by atoms with Crippen LogP contribution in [0.25, 0.3) is 0 Å². The van der Waals surface area contributed by atoms with Crippen molar-refractivity contribution in [1.29, 1.82) is 0 Å². The molecule has 20 heavy (non-hydrogen) atoms. The molecule has 3 rings (SSSR count). The molecule has 0 aromatic carbocycles. The fraction of sp³-hybridized carbons (Fsp3) is 1.00. The van der Waals surface area contributed by atoms with E-state index in [0.29, 0.717) is 12.2 Å². The quantitative estimate of drug-likeness (QED) is 0.743. The number of fused-ring (bicyclic) bond motifs is 1. The third-order valence-electron chi connectivity index (χ3n) is 5.13. The van der Waals surface area contributed by atoms with Crippen molar-refractivity contribution in [3.8, 4) is 0 Å². The summed E-state index contributed by atoms with van der Waals surface area (Å²) in [6, 6.07) is 0.840. The molecule has 3 atom stereocenters. The van der Waals surface area contributed by atoms with Gasteiger partial charge in [-0.1, -0.05) is 6.92 Å². The SMILES string of the molecule is CCCNCC1CCC(CN2CCN3CCCC3C2)O1. The molecule has 3 aliphatic rings. The molecule has 4 heteroatoms. The number of piperazine rings is 1. The molecule has 3 heterocycles. The van der Waals surface area contributed by atoms with Crippen LogP contribution in [0, 0.1) is 0 Å². The van der Waals surface area contributed by atoms with E-state index in [1.54, 1.807) is 0 Å². The Hall–Kier alpha value is -0.160. The number of nitrogens with zero attached hydrogens (tertiary/aromatic N) is 2. The van der Waals surface area contributed by atoms with Gasteiger partial charge < -0.3 is 10.1 Å². The van der Waals surface area contributed by atoms with Crippen LogP contribution in [0.4, 0.5) is 0 Å². The predicted octanol–water partition coefficient (Wildman–Crippen LogP) is 1.31. The predicted molar refractivity (Wildman–Crippen MR) is 82.1 cm³/mol. The molecular weight excluding hydrogens is 250 g/mol. The molecule has 3 aliphatic heterocycles. The van der Waals surface area contributed by atoms with Crippen molar-refractivity contribution < 1.29 is 4.74 Å². The molecule has 3 fully saturated rings. The first kappa shape index (κ1) is 14.8. The maximum atomic E-state index is 6.20. The third kappa shape index (κ3) is 3.73. The van der Waals surface area contributed by atoms with Crippen LogP contribution in [0.15, 0.2) is 0 Å². The summed E-state index contributed by atoms with van der Waals surface area (Å²) < 4.78 is 6.20. The van der Waals surface area contributed by atoms with E-state index >= 15 is 0 Å². The van der Waals surface area contributed by atoms with Crippen LogP contribution >= 0.6 is 0 Å². The lowest BCUT2D eigenvalue weighted by Crippen LogP contribution is -2.51. The summed E-state index contributed by atoms with van der Waals surface area (Å²) in [7, 11) is 0. The Morgan fingerprint density at radius 3 is 2.90 bits per heavy atom. The number of hydrogen-bond donors (Lipinski definition) is 1. The lowest BCUT2D eigenvalue weighted by Gasteiger charge is -2.38. The summed E-state index contributed by atoms with van der Waals surface area (Å²) in [5, 5.41) is 3.49. The summed E-state index contributed by atoms with van der Waals surface area (Å²) in [5.41, 5.74) is 0. The minimum Gasteiger partial charge on any atom is -0.372 e.